The second-order valence-corrected chi connectivity index (χ2v) is 4.29. The number of thiophene rings is 1. The Kier molecular flexibility index (Phi) is 3.13. The number of nitrogens with two attached hydrogens (primary N) is 1. The van der Waals surface area contributed by atoms with Crippen LogP contribution in [0.3, 0.4) is 0 Å². The van der Waals surface area contributed by atoms with Crippen molar-refractivity contribution in [1.29, 1.82) is 0 Å². The average molecular weight is 222 g/mol. The highest BCUT2D eigenvalue weighted by atomic mass is 32.1. The van der Waals surface area contributed by atoms with Crippen LogP contribution < -0.4 is 5.73 Å². The molecule has 5 heteroatoms. The van der Waals surface area contributed by atoms with E-state index in [2.05, 4.69) is 34.7 Å². The topological polar surface area (TPSA) is 56.7 Å². The third-order valence-corrected chi connectivity index (χ3v) is 3.21. The Hall–Kier alpha value is -1.20. The molecule has 0 amide bonds. The highest BCUT2D eigenvalue weighted by molar-refractivity contribution is 7.09. The van der Waals surface area contributed by atoms with Crippen molar-refractivity contribution in [2.75, 3.05) is 0 Å². The molecule has 2 aromatic heterocycles. The highest BCUT2D eigenvalue weighted by Crippen LogP contribution is 2.16. The van der Waals surface area contributed by atoms with Crippen molar-refractivity contribution in [2.45, 2.75) is 26.4 Å². The largest absolute Gasteiger partial charge is 0.325 e. The molecule has 0 bridgehead atoms. The van der Waals surface area contributed by atoms with Crippen molar-refractivity contribution in [3.8, 4) is 0 Å². The highest BCUT2D eigenvalue weighted by Gasteiger charge is 2.11. The molecule has 80 valence electrons. The Morgan fingerprint density at radius 2 is 2.40 bits per heavy atom. The lowest BCUT2D eigenvalue weighted by Gasteiger charge is -2.03. The van der Waals surface area contributed by atoms with Gasteiger partial charge in [0, 0.05) is 24.4 Å². The fourth-order valence-corrected chi connectivity index (χ4v) is 2.26. The number of rotatable bonds is 4. The Morgan fingerprint density at radius 3 is 3.00 bits per heavy atom. The molecule has 2 aromatic rings. The van der Waals surface area contributed by atoms with Crippen LogP contribution in [0.1, 0.15) is 23.2 Å². The van der Waals surface area contributed by atoms with Crippen LogP contribution in [0.5, 0.6) is 0 Å². The van der Waals surface area contributed by atoms with Crippen molar-refractivity contribution in [2.24, 2.45) is 5.73 Å². The molecule has 2 rings (SSSR count). The van der Waals surface area contributed by atoms with Gasteiger partial charge in [0.25, 0.3) is 0 Å². The van der Waals surface area contributed by atoms with E-state index in [0.29, 0.717) is 6.54 Å². The lowest BCUT2D eigenvalue weighted by atomic mass is 10.2. The van der Waals surface area contributed by atoms with Gasteiger partial charge >= 0.3 is 0 Å². The number of hydrogen-bond donors (Lipinski definition) is 1. The molecular weight excluding hydrogens is 208 g/mol. The Labute approximate surface area is 92.7 Å². The van der Waals surface area contributed by atoms with E-state index < -0.39 is 0 Å². The monoisotopic (exact) mass is 222 g/mol. The van der Waals surface area contributed by atoms with Crippen molar-refractivity contribution in [3.63, 3.8) is 0 Å². The van der Waals surface area contributed by atoms with Gasteiger partial charge in [0.15, 0.2) is 0 Å². The van der Waals surface area contributed by atoms with Gasteiger partial charge in [-0.3, -0.25) is 0 Å². The Morgan fingerprint density at radius 1 is 1.53 bits per heavy atom. The van der Waals surface area contributed by atoms with E-state index >= 15 is 0 Å². The van der Waals surface area contributed by atoms with Gasteiger partial charge in [-0.2, -0.15) is 0 Å². The molecular formula is C10H14N4S. The first-order valence-electron chi connectivity index (χ1n) is 4.98. The zero-order valence-corrected chi connectivity index (χ0v) is 9.50. The summed E-state index contributed by atoms with van der Waals surface area (Å²) in [6.07, 6.45) is 0.880. The van der Waals surface area contributed by atoms with Crippen molar-refractivity contribution < 1.29 is 0 Å². The molecule has 0 fully saturated rings. The van der Waals surface area contributed by atoms with Gasteiger partial charge in [-0.15, -0.1) is 16.4 Å². The minimum Gasteiger partial charge on any atom is -0.325 e. The quantitative estimate of drug-likeness (QED) is 0.851. The zero-order chi connectivity index (χ0) is 10.7. The molecule has 0 radical (unpaired) electrons. The predicted octanol–water partition coefficient (Wildman–Crippen LogP) is 1.41. The molecule has 0 aliphatic carbocycles. The minimum absolute atomic E-state index is 0.459. The maximum atomic E-state index is 5.64. The fourth-order valence-electron chi connectivity index (χ4n) is 1.55. The molecule has 0 saturated carbocycles. The molecule has 15 heavy (non-hydrogen) atoms. The summed E-state index contributed by atoms with van der Waals surface area (Å²) < 4.78 is 1.92. The molecule has 0 aliphatic heterocycles. The normalized spacial score (nSPS) is 10.8. The van der Waals surface area contributed by atoms with Gasteiger partial charge in [0.05, 0.1) is 11.4 Å². The molecule has 2 heterocycles. The van der Waals surface area contributed by atoms with E-state index in [1.54, 1.807) is 11.3 Å². The zero-order valence-electron chi connectivity index (χ0n) is 8.68. The average Bonchev–Trinajstić information content (AvgIpc) is 2.87. The lowest BCUT2D eigenvalue weighted by molar-refractivity contribution is 0.604. The maximum absolute atomic E-state index is 5.64. The summed E-state index contributed by atoms with van der Waals surface area (Å²) in [5.74, 6) is 0. The standard InChI is InChI=1S/C10H14N4S/c1-2-14-10(9(7-11)12-13-14)6-8-4-3-5-15-8/h3-5H,2,6-7,11H2,1H3. The summed E-state index contributed by atoms with van der Waals surface area (Å²) in [5, 5.41) is 10.2. The number of hydrogen-bond acceptors (Lipinski definition) is 4. The Bertz CT molecular complexity index is 397. The first-order chi connectivity index (χ1) is 7.35. The Balaban J connectivity index is 2.29. The molecule has 0 saturated heterocycles. The molecule has 4 nitrogen and oxygen atoms in total. The first-order valence-corrected chi connectivity index (χ1v) is 5.86. The smallest absolute Gasteiger partial charge is 0.0998 e. The summed E-state index contributed by atoms with van der Waals surface area (Å²) in [7, 11) is 0. The second-order valence-electron chi connectivity index (χ2n) is 3.26. The van der Waals surface area contributed by atoms with Crippen LogP contribution in [0.4, 0.5) is 0 Å². The first kappa shape index (κ1) is 10.3. The van der Waals surface area contributed by atoms with E-state index in [4.69, 9.17) is 5.73 Å². The SMILES string of the molecule is CCn1nnc(CN)c1Cc1cccs1. The van der Waals surface area contributed by atoms with E-state index in [1.807, 2.05) is 4.68 Å². The van der Waals surface area contributed by atoms with Crippen LogP contribution >= 0.6 is 11.3 Å². The van der Waals surface area contributed by atoms with Crippen LogP contribution in [0.25, 0.3) is 0 Å². The summed E-state index contributed by atoms with van der Waals surface area (Å²) >= 11 is 1.75. The van der Waals surface area contributed by atoms with E-state index in [9.17, 15) is 0 Å². The number of aromatic nitrogens is 3. The minimum atomic E-state index is 0.459. The van der Waals surface area contributed by atoms with Gasteiger partial charge < -0.3 is 5.73 Å². The van der Waals surface area contributed by atoms with Crippen molar-refractivity contribution in [1.82, 2.24) is 15.0 Å². The van der Waals surface area contributed by atoms with Crippen LogP contribution in [-0.4, -0.2) is 15.0 Å². The summed E-state index contributed by atoms with van der Waals surface area (Å²) in [6.45, 7) is 3.36. The molecule has 2 N–H and O–H groups in total. The van der Waals surface area contributed by atoms with Crippen molar-refractivity contribution in [3.05, 3.63) is 33.8 Å². The number of nitrogens with zero attached hydrogens (tertiary/aromatic N) is 3. The number of aryl methyl sites for hydroxylation is 1. The van der Waals surface area contributed by atoms with E-state index in [-0.39, 0.29) is 0 Å². The third kappa shape index (κ3) is 2.08. The van der Waals surface area contributed by atoms with Gasteiger partial charge in [-0.1, -0.05) is 11.3 Å². The van der Waals surface area contributed by atoms with E-state index in [0.717, 1.165) is 24.4 Å². The lowest BCUT2D eigenvalue weighted by Crippen LogP contribution is -2.06. The van der Waals surface area contributed by atoms with Gasteiger partial charge in [-0.05, 0) is 18.4 Å². The molecule has 0 aliphatic rings. The van der Waals surface area contributed by atoms with Gasteiger partial charge in [0.2, 0.25) is 0 Å². The van der Waals surface area contributed by atoms with Crippen LogP contribution in [-0.2, 0) is 19.5 Å². The summed E-state index contributed by atoms with van der Waals surface area (Å²) in [5.41, 5.74) is 7.68. The van der Waals surface area contributed by atoms with Gasteiger partial charge in [0.1, 0.15) is 0 Å². The van der Waals surface area contributed by atoms with Gasteiger partial charge in [-0.25, -0.2) is 4.68 Å². The van der Waals surface area contributed by atoms with Crippen LogP contribution in [0.2, 0.25) is 0 Å². The van der Waals surface area contributed by atoms with Crippen molar-refractivity contribution >= 4 is 11.3 Å². The third-order valence-electron chi connectivity index (χ3n) is 2.33. The van der Waals surface area contributed by atoms with E-state index in [1.165, 1.54) is 4.88 Å². The summed E-state index contributed by atoms with van der Waals surface area (Å²) in [4.78, 5) is 1.32. The fraction of sp³-hybridized carbons (Fsp3) is 0.400. The molecule has 0 aromatic carbocycles. The molecule has 0 spiro atoms. The second kappa shape index (κ2) is 4.55. The predicted molar refractivity (Wildman–Crippen MR) is 60.7 cm³/mol. The summed E-state index contributed by atoms with van der Waals surface area (Å²) in [6, 6.07) is 4.18. The molecule has 0 unspecified atom stereocenters. The van der Waals surface area contributed by atoms with Crippen LogP contribution in [0.15, 0.2) is 17.5 Å². The maximum Gasteiger partial charge on any atom is 0.0998 e. The van der Waals surface area contributed by atoms with Crippen LogP contribution in [0, 0.1) is 0 Å². The molecule has 0 atom stereocenters.